The molecule has 0 aliphatic heterocycles. The Morgan fingerprint density at radius 1 is 0.931 bits per heavy atom. The fourth-order valence-electron chi connectivity index (χ4n) is 4.76. The average Bonchev–Trinajstić information content (AvgIpc) is 3.09. The third-order valence-corrected chi connectivity index (χ3v) is 7.61. The van der Waals surface area contributed by atoms with E-state index in [2.05, 4.69) is 62.5 Å². The Kier molecular flexibility index (Phi) is 6.22. The van der Waals surface area contributed by atoms with E-state index in [1.54, 1.807) is 11.1 Å². The van der Waals surface area contributed by atoms with E-state index in [4.69, 9.17) is 5.73 Å². The van der Waals surface area contributed by atoms with Crippen LogP contribution < -0.4 is 5.73 Å². The van der Waals surface area contributed by atoms with E-state index in [0.717, 1.165) is 6.42 Å². The van der Waals surface area contributed by atoms with Crippen molar-refractivity contribution in [2.24, 2.45) is 5.73 Å². The van der Waals surface area contributed by atoms with Crippen LogP contribution >= 0.6 is 11.3 Å². The third-order valence-electron chi connectivity index (χ3n) is 6.61. The Morgan fingerprint density at radius 3 is 2.52 bits per heavy atom. The van der Waals surface area contributed by atoms with Crippen LogP contribution in [-0.2, 0) is 19.3 Å². The minimum absolute atomic E-state index is 0.409. The number of rotatable bonds is 5. The Balaban J connectivity index is 1.61. The first-order valence-electron chi connectivity index (χ1n) is 11.1. The Morgan fingerprint density at radius 2 is 1.72 bits per heavy atom. The van der Waals surface area contributed by atoms with Crippen LogP contribution in [0, 0.1) is 13.8 Å². The SMILES string of the molecule is Cc1cc(C(C)c2csc(-c3ccc4c(c3)CCCCC4)c2)c(C)cc1CCN. The standard InChI is InChI=1S/C27H33NS/c1-18-14-26(19(2)13-22(18)11-12-28)20(3)25-16-27(29-17-25)24-10-9-21-7-5-4-6-8-23(21)15-24/h9-10,13-17,20H,4-8,11-12,28H2,1-3H3. The van der Waals surface area contributed by atoms with Crippen molar-refractivity contribution in [1.29, 1.82) is 0 Å². The molecule has 0 saturated heterocycles. The normalized spacial score (nSPS) is 15.0. The van der Waals surface area contributed by atoms with Crippen LogP contribution in [-0.4, -0.2) is 6.54 Å². The lowest BCUT2D eigenvalue weighted by Crippen LogP contribution is -2.06. The molecule has 0 saturated carbocycles. The van der Waals surface area contributed by atoms with Crippen LogP contribution in [0.25, 0.3) is 10.4 Å². The highest BCUT2D eigenvalue weighted by Gasteiger charge is 2.16. The average molecular weight is 404 g/mol. The van der Waals surface area contributed by atoms with Gasteiger partial charge in [-0.3, -0.25) is 0 Å². The summed E-state index contributed by atoms with van der Waals surface area (Å²) in [5, 5.41) is 2.36. The molecule has 1 aliphatic rings. The van der Waals surface area contributed by atoms with Gasteiger partial charge in [-0.1, -0.05) is 43.7 Å². The van der Waals surface area contributed by atoms with E-state index < -0.39 is 0 Å². The number of fused-ring (bicyclic) bond motifs is 1. The van der Waals surface area contributed by atoms with E-state index >= 15 is 0 Å². The fourth-order valence-corrected chi connectivity index (χ4v) is 5.76. The van der Waals surface area contributed by atoms with Crippen molar-refractivity contribution in [2.75, 3.05) is 6.54 Å². The van der Waals surface area contributed by atoms with Crippen molar-refractivity contribution in [3.8, 4) is 10.4 Å². The maximum Gasteiger partial charge on any atom is 0.0345 e. The number of hydrogen-bond donors (Lipinski definition) is 1. The highest BCUT2D eigenvalue weighted by Crippen LogP contribution is 2.36. The van der Waals surface area contributed by atoms with Crippen LogP contribution in [0.1, 0.15) is 71.0 Å². The third kappa shape index (κ3) is 4.34. The van der Waals surface area contributed by atoms with Gasteiger partial charge in [0, 0.05) is 10.8 Å². The minimum Gasteiger partial charge on any atom is -0.330 e. The molecule has 2 N–H and O–H groups in total. The number of hydrogen-bond acceptors (Lipinski definition) is 2. The highest BCUT2D eigenvalue weighted by molar-refractivity contribution is 7.13. The Hall–Kier alpha value is -1.90. The topological polar surface area (TPSA) is 26.0 Å². The van der Waals surface area contributed by atoms with Gasteiger partial charge in [0.2, 0.25) is 0 Å². The van der Waals surface area contributed by atoms with Crippen molar-refractivity contribution >= 4 is 11.3 Å². The summed E-state index contributed by atoms with van der Waals surface area (Å²) in [7, 11) is 0. The highest BCUT2D eigenvalue weighted by atomic mass is 32.1. The molecule has 0 bridgehead atoms. The quantitative estimate of drug-likeness (QED) is 0.458. The zero-order chi connectivity index (χ0) is 20.4. The maximum atomic E-state index is 5.78. The maximum absolute atomic E-state index is 5.78. The summed E-state index contributed by atoms with van der Waals surface area (Å²) < 4.78 is 0. The van der Waals surface area contributed by atoms with Gasteiger partial charge < -0.3 is 5.73 Å². The summed E-state index contributed by atoms with van der Waals surface area (Å²) in [6, 6.07) is 14.3. The minimum atomic E-state index is 0.409. The van der Waals surface area contributed by atoms with Crippen LogP contribution in [0.5, 0.6) is 0 Å². The van der Waals surface area contributed by atoms with Gasteiger partial charge in [0.15, 0.2) is 0 Å². The van der Waals surface area contributed by atoms with E-state index in [0.29, 0.717) is 12.5 Å². The van der Waals surface area contributed by atoms with Gasteiger partial charge in [-0.15, -0.1) is 11.3 Å². The van der Waals surface area contributed by atoms with Crippen LogP contribution in [0.15, 0.2) is 41.8 Å². The first-order chi connectivity index (χ1) is 14.1. The Labute approximate surface area is 180 Å². The van der Waals surface area contributed by atoms with E-state index in [-0.39, 0.29) is 0 Å². The van der Waals surface area contributed by atoms with Crippen molar-refractivity contribution in [3.05, 3.63) is 80.7 Å². The molecule has 29 heavy (non-hydrogen) atoms. The summed E-state index contributed by atoms with van der Waals surface area (Å²) in [4.78, 5) is 1.40. The lowest BCUT2D eigenvalue weighted by atomic mass is 9.88. The predicted molar refractivity (Wildman–Crippen MR) is 127 cm³/mol. The summed E-state index contributed by atoms with van der Waals surface area (Å²) >= 11 is 1.89. The molecule has 0 fully saturated rings. The molecule has 3 aromatic rings. The van der Waals surface area contributed by atoms with Crippen LogP contribution in [0.3, 0.4) is 0 Å². The van der Waals surface area contributed by atoms with Crippen molar-refractivity contribution in [2.45, 2.75) is 65.2 Å². The molecule has 0 spiro atoms. The molecule has 0 radical (unpaired) electrons. The van der Waals surface area contributed by atoms with Crippen LogP contribution in [0.2, 0.25) is 0 Å². The van der Waals surface area contributed by atoms with Crippen molar-refractivity contribution < 1.29 is 0 Å². The first-order valence-corrected chi connectivity index (χ1v) is 12.0. The molecule has 1 nitrogen and oxygen atoms in total. The van der Waals surface area contributed by atoms with Crippen molar-refractivity contribution in [1.82, 2.24) is 0 Å². The van der Waals surface area contributed by atoms with Gasteiger partial charge in [0.1, 0.15) is 0 Å². The molecule has 4 rings (SSSR count). The largest absolute Gasteiger partial charge is 0.330 e. The Bertz CT molecular complexity index is 998. The number of nitrogens with two attached hydrogens (primary N) is 1. The molecule has 152 valence electrons. The van der Waals surface area contributed by atoms with Crippen LogP contribution in [0.4, 0.5) is 0 Å². The molecule has 1 aromatic heterocycles. The number of thiophene rings is 1. The molecule has 1 heterocycles. The predicted octanol–water partition coefficient (Wildman–Crippen LogP) is 6.95. The molecule has 0 amide bonds. The molecular formula is C27H33NS. The van der Waals surface area contributed by atoms with Gasteiger partial charge in [0.25, 0.3) is 0 Å². The lowest BCUT2D eigenvalue weighted by molar-refractivity contribution is 0.711. The molecule has 1 aliphatic carbocycles. The van der Waals surface area contributed by atoms with Crippen molar-refractivity contribution in [3.63, 3.8) is 0 Å². The second-order valence-electron chi connectivity index (χ2n) is 8.68. The molecular weight excluding hydrogens is 370 g/mol. The molecule has 2 aromatic carbocycles. The van der Waals surface area contributed by atoms with Gasteiger partial charge >= 0.3 is 0 Å². The van der Waals surface area contributed by atoms with Gasteiger partial charge in [0.05, 0.1) is 0 Å². The zero-order valence-electron chi connectivity index (χ0n) is 18.1. The second kappa shape index (κ2) is 8.85. The van der Waals surface area contributed by atoms with E-state index in [1.807, 2.05) is 11.3 Å². The summed E-state index contributed by atoms with van der Waals surface area (Å²) in [5.74, 6) is 0.409. The molecule has 2 heteroatoms. The van der Waals surface area contributed by atoms with Gasteiger partial charge in [-0.05, 0) is 108 Å². The second-order valence-corrected chi connectivity index (χ2v) is 9.60. The first kappa shape index (κ1) is 20.4. The molecule has 1 unspecified atom stereocenters. The summed E-state index contributed by atoms with van der Waals surface area (Å²) in [6.45, 7) is 7.51. The van der Waals surface area contributed by atoms with E-state index in [1.165, 1.54) is 70.4 Å². The summed E-state index contributed by atoms with van der Waals surface area (Å²) in [5.41, 5.74) is 17.3. The fraction of sp³-hybridized carbons (Fsp3) is 0.407. The number of aryl methyl sites for hydroxylation is 4. The zero-order valence-corrected chi connectivity index (χ0v) is 18.9. The smallest absolute Gasteiger partial charge is 0.0345 e. The molecule has 1 atom stereocenters. The van der Waals surface area contributed by atoms with E-state index in [9.17, 15) is 0 Å². The summed E-state index contributed by atoms with van der Waals surface area (Å²) in [6.07, 6.45) is 7.50. The number of benzene rings is 2. The lowest BCUT2D eigenvalue weighted by Gasteiger charge is -2.17. The van der Waals surface area contributed by atoms with Gasteiger partial charge in [-0.25, -0.2) is 0 Å². The van der Waals surface area contributed by atoms with Gasteiger partial charge in [-0.2, -0.15) is 0 Å². The monoisotopic (exact) mass is 403 g/mol.